The van der Waals surface area contributed by atoms with Crippen LogP contribution in [0, 0.1) is 102 Å². The van der Waals surface area contributed by atoms with Crippen LogP contribution in [0.5, 0.6) is 28.7 Å². The fourth-order valence-corrected chi connectivity index (χ4v) is 27.7. The van der Waals surface area contributed by atoms with Crippen LogP contribution in [0.4, 0.5) is 0 Å². The van der Waals surface area contributed by atoms with E-state index in [1.165, 1.54) is 59.9 Å². The molecule has 2 saturated heterocycles. The average Bonchev–Trinajstić information content (AvgIpc) is 1.73. The Bertz CT molecular complexity index is 6910. The summed E-state index contributed by atoms with van der Waals surface area (Å²) < 4.78 is 63.1. The number of benzene rings is 5. The Morgan fingerprint density at radius 3 is 1.15 bits per heavy atom. The van der Waals surface area contributed by atoms with E-state index in [4.69, 9.17) is 50.5 Å². The van der Waals surface area contributed by atoms with Gasteiger partial charge in [0.2, 0.25) is 0 Å². The van der Waals surface area contributed by atoms with Gasteiger partial charge in [0, 0.05) is 140 Å². The third-order valence-electron chi connectivity index (χ3n) is 36.2. The lowest BCUT2D eigenvalue weighted by Gasteiger charge is -2.59. The first-order valence-electron chi connectivity index (χ1n) is 51.0. The highest BCUT2D eigenvalue weighted by Gasteiger charge is 2.64. The smallest absolute Gasteiger partial charge is 0.336 e. The van der Waals surface area contributed by atoms with E-state index in [9.17, 15) is 53.7 Å². The van der Waals surface area contributed by atoms with Crippen LogP contribution in [0.25, 0.3) is 54.8 Å². The molecule has 0 spiro atoms. The summed E-state index contributed by atoms with van der Waals surface area (Å²) in [4.78, 5) is 95.7. The van der Waals surface area contributed by atoms with E-state index in [2.05, 4.69) is 109 Å². The van der Waals surface area contributed by atoms with Crippen molar-refractivity contribution in [2.45, 2.75) is 258 Å². The molecule has 2 aliphatic heterocycles. The minimum Gasteiger partial charge on any atom is -0.493 e. The first kappa shape index (κ1) is 104. The van der Waals surface area contributed by atoms with Crippen LogP contribution in [-0.2, 0) is 19.1 Å². The molecule has 5 aromatic carbocycles. The maximum atomic E-state index is 12.9. The van der Waals surface area contributed by atoms with Crippen LogP contribution >= 0.6 is 0 Å². The molecule has 5 saturated carbocycles. The number of carbonyl (C=O) groups excluding carboxylic acids is 3. The number of Topliss-reactive ketones (excluding diaryl/α,β-unsaturated/α-hetero) is 1. The minimum atomic E-state index is -0.675. The Kier molecular flexibility index (Phi) is 29.2. The average molecular weight is 1940 g/mol. The molecule has 0 amide bonds. The maximum Gasteiger partial charge on any atom is 0.336 e. The van der Waals surface area contributed by atoms with Gasteiger partial charge in [-0.3, -0.25) is 14.4 Å². The summed E-state index contributed by atoms with van der Waals surface area (Å²) in [6.07, 6.45) is 21.3. The predicted molar refractivity (Wildman–Crippen MR) is 552 cm³/mol. The minimum absolute atomic E-state index is 0.0241. The molecule has 0 unspecified atom stereocenters. The molecule has 5 aromatic heterocycles. The van der Waals surface area contributed by atoms with E-state index in [-0.39, 0.29) is 120 Å². The quantitative estimate of drug-likeness (QED) is 0.0531. The van der Waals surface area contributed by atoms with E-state index in [1.54, 1.807) is 72.8 Å². The molecule has 10 aliphatic rings. The van der Waals surface area contributed by atoms with E-state index in [0.29, 0.717) is 133 Å². The van der Waals surface area contributed by atoms with Crippen LogP contribution in [0.2, 0.25) is 0 Å². The first-order chi connectivity index (χ1) is 67.0. The van der Waals surface area contributed by atoms with Crippen LogP contribution in [0.1, 0.15) is 228 Å². The Labute approximate surface area is 831 Å². The molecular weight excluding hydrogens is 1790 g/mol. The lowest BCUT2D eigenvalue weighted by Crippen LogP contribution is -2.58. The zero-order valence-electron chi connectivity index (χ0n) is 86.2. The van der Waals surface area contributed by atoms with Crippen molar-refractivity contribution in [2.75, 3.05) is 33.0 Å². The molecule has 142 heavy (non-hydrogen) atoms. The lowest BCUT2D eigenvalue weighted by molar-refractivity contribution is -0.153. The number of fused-ring (bicyclic) bond motifs is 11. The van der Waals surface area contributed by atoms with Crippen LogP contribution in [0.15, 0.2) is 256 Å². The fraction of sp³-hybridized carbons (Fsp3) is 0.517. The summed E-state index contributed by atoms with van der Waals surface area (Å²) in [6.45, 7) is 47.8. The number of aliphatic hydroxyl groups is 3. The molecule has 3 N–H and O–H groups in total. The summed E-state index contributed by atoms with van der Waals surface area (Å²) in [5.74, 6) is 5.21. The van der Waals surface area contributed by atoms with Gasteiger partial charge in [-0.15, -0.1) is 0 Å². The number of ketones is 3. The fourth-order valence-electron chi connectivity index (χ4n) is 27.7. The third kappa shape index (κ3) is 20.4. The largest absolute Gasteiger partial charge is 0.493 e. The summed E-state index contributed by atoms with van der Waals surface area (Å²) in [5, 5.41) is 36.0. The van der Waals surface area contributed by atoms with Crippen molar-refractivity contribution in [1.29, 1.82) is 0 Å². The van der Waals surface area contributed by atoms with Gasteiger partial charge in [-0.05, 0) is 289 Å². The standard InChI is InChI=1S/C24H28O5.C24H26O5.3C24H30O4/c2*1-14-11-18(25)22-23(2,3)20(26)9-10-24(22,4)17(14)13-28-16-7-5-15-6-8-21(27)29-19(15)12-16;1-16(5-9-20-23(2,3)21-11-13-24(20,4)28-21)12-14-26-18-8-6-17-7-10-22(25)27-19(17)15-18;2*1-15-5-9-20-23(2,3)21(25)11-12-24(20,4)18(15)14-27-17-8-6-16-7-10-22(26)28-19(16)13-17/h5-8,11-12,17,20,22,26H,9-10,13H2,1-4H3;5-8,11-12,17,22H,9-10,13H2,1-4H3;6-8,10,12,15,20-21H,5,9,11,13-14H2,1-4H3;5-8,10,13,18,20-21,25H,9,11-12,14H2,1-4H3;6-8,10,13,18,20-21,25H,1,5,9,11-12,14H2,2-4H3/b;;16-12+;;/t17-,20-,22-,24+;17-,22-,24+;20-,21-,24+;18-,20-,21+,24+;18-,20+,21+,24-/m11110/s1. The highest BCUT2D eigenvalue weighted by Crippen LogP contribution is 2.65. The summed E-state index contributed by atoms with van der Waals surface area (Å²) >= 11 is 0. The zero-order valence-corrected chi connectivity index (χ0v) is 86.2. The zero-order chi connectivity index (χ0) is 102. The molecule has 2 bridgehead atoms. The van der Waals surface area contributed by atoms with Crippen LogP contribution < -0.4 is 51.8 Å². The van der Waals surface area contributed by atoms with Crippen LogP contribution in [-0.4, -0.2) is 95.7 Å². The number of ether oxygens (including phenoxy) is 6. The van der Waals surface area contributed by atoms with Gasteiger partial charge in [-0.25, -0.2) is 24.0 Å². The normalized spacial score (nSPS) is 30.6. The maximum absolute atomic E-state index is 12.9. The predicted octanol–water partition coefficient (Wildman–Crippen LogP) is 23.8. The number of hydrogen-bond donors (Lipinski definition) is 3. The molecule has 22 heteroatoms. The molecule has 10 aromatic rings. The second kappa shape index (κ2) is 40.0. The monoisotopic (exact) mass is 1940 g/mol. The van der Waals surface area contributed by atoms with Crippen molar-refractivity contribution in [3.63, 3.8) is 0 Å². The molecular formula is C120H144O22. The Morgan fingerprint density at radius 1 is 0.387 bits per heavy atom. The number of hydrogen-bond acceptors (Lipinski definition) is 22. The SMILES string of the molecule is C/C(=C\COc1ccc2ccc(=O)oc2c1)CC[C@@H]1C(C)(C)[C@H]2CC[C@]1(C)O2.C=C1CC[C@@H]2C(C)(C)[C@H](O)CC[C@@]2(C)[C@H]1COc1ccc2ccc(=O)oc2c1.CC1=CC(=O)[C@@H]2C(C)(C)C(=O)CC[C@@]2(C)[C@@H]1COc1ccc2ccc(=O)oc2c1.CC1=CC(=O)[C@@H]2C(C)(C)[C@H](O)CC[C@@]2(C)[C@@H]1COc1ccc2ccc(=O)oc2c1.CC1=CC[C@@H]2C(C)(C)[C@@H](O)CC[C@@]2(C)[C@@H]1COc1ccc2ccc(=O)oc2c1. The van der Waals surface area contributed by atoms with Gasteiger partial charge in [0.15, 0.2) is 11.6 Å². The topological polar surface area (TPSA) is 318 Å². The molecule has 0 radical (unpaired) electrons. The molecule has 22 nitrogen and oxygen atoms in total. The Hall–Kier alpha value is -11.3. The van der Waals surface area contributed by atoms with Gasteiger partial charge in [0.1, 0.15) is 69.1 Å². The van der Waals surface area contributed by atoms with Crippen molar-refractivity contribution < 1.29 is 80.2 Å². The molecule has 18 atom stereocenters. The van der Waals surface area contributed by atoms with Crippen LogP contribution in [0.3, 0.4) is 0 Å². The van der Waals surface area contributed by atoms with E-state index >= 15 is 0 Å². The summed E-state index contributed by atoms with van der Waals surface area (Å²) in [5.41, 5.74) is 5.27. The highest BCUT2D eigenvalue weighted by molar-refractivity contribution is 6.01. The van der Waals surface area contributed by atoms with E-state index in [0.717, 1.165) is 108 Å². The van der Waals surface area contributed by atoms with Crippen molar-refractivity contribution in [3.05, 3.63) is 263 Å². The van der Waals surface area contributed by atoms with Crippen molar-refractivity contribution in [3.8, 4) is 28.7 Å². The van der Waals surface area contributed by atoms with Gasteiger partial charge < -0.3 is 65.8 Å². The number of rotatable bonds is 18. The second-order valence-corrected chi connectivity index (χ2v) is 46.7. The van der Waals surface area contributed by atoms with Crippen molar-refractivity contribution in [2.24, 2.45) is 102 Å². The van der Waals surface area contributed by atoms with Crippen molar-refractivity contribution in [1.82, 2.24) is 0 Å². The molecule has 756 valence electrons. The number of allylic oxidation sites excluding steroid dienone is 4. The number of carbonyl (C=O) groups is 3. The van der Waals surface area contributed by atoms with Gasteiger partial charge in [0.05, 0.1) is 56.4 Å². The van der Waals surface area contributed by atoms with Gasteiger partial charge in [-0.2, -0.15) is 0 Å². The lowest BCUT2D eigenvalue weighted by atomic mass is 9.47. The molecule has 7 fully saturated rings. The van der Waals surface area contributed by atoms with Gasteiger partial charge in [0.25, 0.3) is 0 Å². The van der Waals surface area contributed by atoms with Gasteiger partial charge >= 0.3 is 28.1 Å². The van der Waals surface area contributed by atoms with Gasteiger partial charge in [-0.1, -0.05) is 137 Å². The molecule has 20 rings (SSSR count). The summed E-state index contributed by atoms with van der Waals surface area (Å²) in [7, 11) is 0. The van der Waals surface area contributed by atoms with Crippen molar-refractivity contribution >= 4 is 72.2 Å². The second-order valence-electron chi connectivity index (χ2n) is 46.7. The highest BCUT2D eigenvalue weighted by atomic mass is 16.5. The Balaban J connectivity index is 0.000000128. The number of aliphatic hydroxyl groups excluding tert-OH is 3. The van der Waals surface area contributed by atoms with E-state index < -0.39 is 28.2 Å². The van der Waals surface area contributed by atoms with E-state index in [1.807, 2.05) is 102 Å². The Morgan fingerprint density at radius 2 is 0.739 bits per heavy atom. The third-order valence-corrected chi connectivity index (χ3v) is 36.2. The summed E-state index contributed by atoms with van der Waals surface area (Å²) in [6, 6.07) is 43.5. The molecule has 7 heterocycles. The molecule has 8 aliphatic carbocycles. The first-order valence-corrected chi connectivity index (χ1v) is 51.0.